The van der Waals surface area contributed by atoms with Crippen molar-refractivity contribution in [2.75, 3.05) is 6.61 Å². The van der Waals surface area contributed by atoms with Crippen molar-refractivity contribution in [3.05, 3.63) is 35.3 Å². The number of aromatic nitrogens is 1. The monoisotopic (exact) mass is 248 g/mol. The smallest absolute Gasteiger partial charge is 0.123 e. The molecule has 0 unspecified atom stereocenters. The Morgan fingerprint density at radius 1 is 1.41 bits per heavy atom. The predicted molar refractivity (Wildman–Crippen MR) is 71.2 cm³/mol. The third kappa shape index (κ3) is 3.05. The fourth-order valence-corrected chi connectivity index (χ4v) is 2.26. The van der Waals surface area contributed by atoms with Gasteiger partial charge in [-0.1, -0.05) is 19.1 Å². The summed E-state index contributed by atoms with van der Waals surface area (Å²) in [5.74, 6) is 0.897. The number of nitrogens with zero attached hydrogens (tertiary/aromatic N) is 1. The van der Waals surface area contributed by atoms with E-state index in [1.165, 1.54) is 0 Å². The summed E-state index contributed by atoms with van der Waals surface area (Å²) < 4.78 is 5.60. The molecule has 0 radical (unpaired) electrons. The molecule has 0 atom stereocenters. The van der Waals surface area contributed by atoms with Gasteiger partial charge in [0, 0.05) is 23.2 Å². The van der Waals surface area contributed by atoms with Gasteiger partial charge in [0.2, 0.25) is 0 Å². The van der Waals surface area contributed by atoms with Crippen LogP contribution in [0.3, 0.4) is 0 Å². The van der Waals surface area contributed by atoms with Gasteiger partial charge in [0.1, 0.15) is 10.8 Å². The second-order valence-corrected chi connectivity index (χ2v) is 4.83. The Balaban J connectivity index is 2.20. The lowest BCUT2D eigenvalue weighted by Crippen LogP contribution is -1.94. The summed E-state index contributed by atoms with van der Waals surface area (Å²) in [6.45, 7) is 3.39. The van der Waals surface area contributed by atoms with Crippen molar-refractivity contribution in [3.8, 4) is 16.3 Å². The van der Waals surface area contributed by atoms with Crippen molar-refractivity contribution in [2.24, 2.45) is 5.73 Å². The number of hydrogen-bond acceptors (Lipinski definition) is 4. The third-order valence-corrected chi connectivity index (χ3v) is 3.38. The Bertz CT molecular complexity index is 482. The Morgan fingerprint density at radius 2 is 2.29 bits per heavy atom. The van der Waals surface area contributed by atoms with Crippen LogP contribution < -0.4 is 10.5 Å². The SMILES string of the molecule is CCCOc1cccc(-c2ncc(CN)s2)c1. The van der Waals surface area contributed by atoms with Crippen LogP contribution in [0.25, 0.3) is 10.6 Å². The van der Waals surface area contributed by atoms with E-state index in [9.17, 15) is 0 Å². The summed E-state index contributed by atoms with van der Waals surface area (Å²) in [7, 11) is 0. The van der Waals surface area contributed by atoms with Gasteiger partial charge in [-0.25, -0.2) is 4.98 Å². The van der Waals surface area contributed by atoms with Crippen molar-refractivity contribution < 1.29 is 4.74 Å². The third-order valence-electron chi connectivity index (χ3n) is 2.31. The molecular formula is C13H16N2OS. The van der Waals surface area contributed by atoms with E-state index in [4.69, 9.17) is 10.5 Å². The summed E-state index contributed by atoms with van der Waals surface area (Å²) in [6.07, 6.45) is 2.85. The molecule has 1 aromatic heterocycles. The number of nitrogens with two attached hydrogens (primary N) is 1. The first-order valence-electron chi connectivity index (χ1n) is 5.71. The molecule has 1 heterocycles. The lowest BCUT2D eigenvalue weighted by molar-refractivity contribution is 0.317. The zero-order valence-electron chi connectivity index (χ0n) is 9.85. The highest BCUT2D eigenvalue weighted by Crippen LogP contribution is 2.27. The van der Waals surface area contributed by atoms with E-state index in [2.05, 4.69) is 11.9 Å². The number of rotatable bonds is 5. The lowest BCUT2D eigenvalue weighted by atomic mass is 10.2. The first-order chi connectivity index (χ1) is 8.33. The molecule has 0 saturated heterocycles. The minimum atomic E-state index is 0.545. The summed E-state index contributed by atoms with van der Waals surface area (Å²) in [5, 5.41) is 0.993. The molecular weight excluding hydrogens is 232 g/mol. The molecule has 1 aromatic carbocycles. The van der Waals surface area contributed by atoms with Gasteiger partial charge in [-0.05, 0) is 18.6 Å². The molecule has 0 fully saturated rings. The minimum absolute atomic E-state index is 0.545. The summed E-state index contributed by atoms with van der Waals surface area (Å²) in [5.41, 5.74) is 6.67. The van der Waals surface area contributed by atoms with Crippen LogP contribution in [0, 0.1) is 0 Å². The van der Waals surface area contributed by atoms with Crippen LogP contribution in [0.5, 0.6) is 5.75 Å². The standard InChI is InChI=1S/C13H16N2OS/c1-2-6-16-11-5-3-4-10(7-11)13-15-9-12(8-14)17-13/h3-5,7,9H,2,6,8,14H2,1H3. The van der Waals surface area contributed by atoms with E-state index >= 15 is 0 Å². The maximum Gasteiger partial charge on any atom is 0.123 e. The first-order valence-corrected chi connectivity index (χ1v) is 6.53. The maximum atomic E-state index is 5.60. The van der Waals surface area contributed by atoms with Crippen LogP contribution in [0.1, 0.15) is 18.2 Å². The van der Waals surface area contributed by atoms with E-state index in [0.29, 0.717) is 6.54 Å². The molecule has 0 aliphatic carbocycles. The van der Waals surface area contributed by atoms with Gasteiger partial charge in [-0.3, -0.25) is 0 Å². The van der Waals surface area contributed by atoms with E-state index < -0.39 is 0 Å². The number of ether oxygens (including phenoxy) is 1. The van der Waals surface area contributed by atoms with Gasteiger partial charge in [-0.2, -0.15) is 0 Å². The topological polar surface area (TPSA) is 48.1 Å². The van der Waals surface area contributed by atoms with E-state index in [-0.39, 0.29) is 0 Å². The molecule has 4 heteroatoms. The number of thiazole rings is 1. The molecule has 2 N–H and O–H groups in total. The Labute approximate surface area is 105 Å². The number of hydrogen-bond donors (Lipinski definition) is 1. The molecule has 0 aliphatic rings. The fraction of sp³-hybridized carbons (Fsp3) is 0.308. The summed E-state index contributed by atoms with van der Waals surface area (Å²) in [4.78, 5) is 5.46. The molecule has 0 spiro atoms. The van der Waals surface area contributed by atoms with E-state index in [0.717, 1.165) is 34.2 Å². The highest BCUT2D eigenvalue weighted by atomic mass is 32.1. The highest BCUT2D eigenvalue weighted by molar-refractivity contribution is 7.15. The van der Waals surface area contributed by atoms with Gasteiger partial charge in [0.15, 0.2) is 0 Å². The van der Waals surface area contributed by atoms with Crippen LogP contribution in [0.4, 0.5) is 0 Å². The van der Waals surface area contributed by atoms with E-state index in [1.807, 2.05) is 30.5 Å². The predicted octanol–water partition coefficient (Wildman–Crippen LogP) is 3.06. The quantitative estimate of drug-likeness (QED) is 0.884. The number of benzene rings is 1. The minimum Gasteiger partial charge on any atom is -0.494 e. The second kappa shape index (κ2) is 5.80. The molecule has 0 bridgehead atoms. The van der Waals surface area contributed by atoms with Crippen LogP contribution in [-0.2, 0) is 6.54 Å². The Kier molecular flexibility index (Phi) is 4.12. The molecule has 3 nitrogen and oxygen atoms in total. The van der Waals surface area contributed by atoms with Crippen molar-refractivity contribution in [1.29, 1.82) is 0 Å². The normalized spacial score (nSPS) is 10.5. The highest BCUT2D eigenvalue weighted by Gasteiger charge is 2.04. The summed E-state index contributed by atoms with van der Waals surface area (Å²) in [6, 6.07) is 8.02. The fourth-order valence-electron chi connectivity index (χ4n) is 1.47. The van der Waals surface area contributed by atoms with Crippen molar-refractivity contribution >= 4 is 11.3 Å². The Hall–Kier alpha value is -1.39. The van der Waals surface area contributed by atoms with Crippen LogP contribution in [0.15, 0.2) is 30.5 Å². The largest absolute Gasteiger partial charge is 0.494 e. The maximum absolute atomic E-state index is 5.60. The molecule has 2 rings (SSSR count). The second-order valence-electron chi connectivity index (χ2n) is 3.71. The molecule has 0 saturated carbocycles. The van der Waals surface area contributed by atoms with Gasteiger partial charge in [0.05, 0.1) is 6.61 Å². The van der Waals surface area contributed by atoms with Crippen molar-refractivity contribution in [3.63, 3.8) is 0 Å². The van der Waals surface area contributed by atoms with Crippen LogP contribution in [0.2, 0.25) is 0 Å². The van der Waals surface area contributed by atoms with Gasteiger partial charge in [0.25, 0.3) is 0 Å². The van der Waals surface area contributed by atoms with Crippen molar-refractivity contribution in [1.82, 2.24) is 4.98 Å². The van der Waals surface area contributed by atoms with Crippen molar-refractivity contribution in [2.45, 2.75) is 19.9 Å². The molecule has 17 heavy (non-hydrogen) atoms. The summed E-state index contributed by atoms with van der Waals surface area (Å²) >= 11 is 1.63. The zero-order chi connectivity index (χ0) is 12.1. The lowest BCUT2D eigenvalue weighted by Gasteiger charge is -2.05. The van der Waals surface area contributed by atoms with Gasteiger partial charge in [-0.15, -0.1) is 11.3 Å². The average molecular weight is 248 g/mol. The van der Waals surface area contributed by atoms with Gasteiger partial charge < -0.3 is 10.5 Å². The molecule has 0 amide bonds. The van der Waals surface area contributed by atoms with Crippen LogP contribution >= 0.6 is 11.3 Å². The average Bonchev–Trinajstić information content (AvgIpc) is 2.85. The molecule has 2 aromatic rings. The van der Waals surface area contributed by atoms with E-state index in [1.54, 1.807) is 11.3 Å². The molecule has 90 valence electrons. The first kappa shape index (κ1) is 12.1. The zero-order valence-corrected chi connectivity index (χ0v) is 10.7. The van der Waals surface area contributed by atoms with Gasteiger partial charge >= 0.3 is 0 Å². The molecule has 0 aliphatic heterocycles. The Morgan fingerprint density at radius 3 is 3.00 bits per heavy atom. The van der Waals surface area contributed by atoms with Crippen LogP contribution in [-0.4, -0.2) is 11.6 Å².